The fourth-order valence-electron chi connectivity index (χ4n) is 3.73. The highest BCUT2D eigenvalue weighted by atomic mass is 35.5. The number of nitrogens with one attached hydrogen (secondary N) is 1. The van der Waals surface area contributed by atoms with Gasteiger partial charge in [-0.25, -0.2) is 0 Å². The summed E-state index contributed by atoms with van der Waals surface area (Å²) in [5, 5.41) is 7.83. The van der Waals surface area contributed by atoms with Crippen LogP contribution in [0.1, 0.15) is 24.1 Å². The van der Waals surface area contributed by atoms with Crippen molar-refractivity contribution in [1.82, 2.24) is 10.2 Å². The maximum absolute atomic E-state index is 6.40. The van der Waals surface area contributed by atoms with Gasteiger partial charge in [-0.1, -0.05) is 29.8 Å². The molecule has 1 unspecified atom stereocenters. The van der Waals surface area contributed by atoms with Gasteiger partial charge in [0.25, 0.3) is 0 Å². The minimum Gasteiger partial charge on any atom is -0.494 e. The standard InChI is InChI=1S/C21H23ClN2OS/c1-2-25-19-8-7-15(22)13-17(19)21(24-11-9-23-10-12-24)18-14-26-20-6-4-3-5-16(18)20/h3-8,13-14,21,23H,2,9-12H2,1H3. The van der Waals surface area contributed by atoms with E-state index in [1.54, 1.807) is 0 Å². The molecule has 0 amide bonds. The molecule has 2 heterocycles. The summed E-state index contributed by atoms with van der Waals surface area (Å²) in [5.41, 5.74) is 2.50. The van der Waals surface area contributed by atoms with Crippen molar-refractivity contribution in [2.75, 3.05) is 32.8 Å². The molecule has 26 heavy (non-hydrogen) atoms. The normalized spacial score (nSPS) is 16.7. The van der Waals surface area contributed by atoms with Gasteiger partial charge in [0.1, 0.15) is 5.75 Å². The third-order valence-corrected chi connectivity index (χ3v) is 6.11. The maximum Gasteiger partial charge on any atom is 0.124 e. The lowest BCUT2D eigenvalue weighted by atomic mass is 9.95. The van der Waals surface area contributed by atoms with Crippen molar-refractivity contribution in [2.45, 2.75) is 13.0 Å². The van der Waals surface area contributed by atoms with Crippen molar-refractivity contribution < 1.29 is 4.74 Å². The predicted octanol–water partition coefficient (Wildman–Crippen LogP) is 4.95. The van der Waals surface area contributed by atoms with Crippen LogP contribution in [0.3, 0.4) is 0 Å². The summed E-state index contributed by atoms with van der Waals surface area (Å²) in [6, 6.07) is 14.8. The highest BCUT2D eigenvalue weighted by Gasteiger charge is 2.28. The molecule has 0 bridgehead atoms. The van der Waals surface area contributed by atoms with Crippen molar-refractivity contribution in [3.8, 4) is 5.75 Å². The topological polar surface area (TPSA) is 24.5 Å². The second-order valence-corrected chi connectivity index (χ2v) is 7.84. The molecule has 0 aliphatic carbocycles. The lowest BCUT2D eigenvalue weighted by Gasteiger charge is -2.36. The minimum atomic E-state index is 0.147. The van der Waals surface area contributed by atoms with E-state index in [-0.39, 0.29) is 6.04 Å². The second-order valence-electron chi connectivity index (χ2n) is 6.49. The molecule has 0 radical (unpaired) electrons. The van der Waals surface area contributed by atoms with E-state index in [2.05, 4.69) is 45.9 Å². The summed E-state index contributed by atoms with van der Waals surface area (Å²) < 4.78 is 7.30. The Morgan fingerprint density at radius 1 is 1.15 bits per heavy atom. The number of benzene rings is 2. The zero-order valence-corrected chi connectivity index (χ0v) is 16.4. The number of rotatable bonds is 5. The molecule has 1 saturated heterocycles. The van der Waals surface area contributed by atoms with E-state index < -0.39 is 0 Å². The lowest BCUT2D eigenvalue weighted by molar-refractivity contribution is 0.195. The first-order valence-electron chi connectivity index (χ1n) is 9.11. The quantitative estimate of drug-likeness (QED) is 0.671. The van der Waals surface area contributed by atoms with Gasteiger partial charge in [0.2, 0.25) is 0 Å². The smallest absolute Gasteiger partial charge is 0.124 e. The molecule has 4 rings (SSSR count). The fraction of sp³-hybridized carbons (Fsp3) is 0.333. The number of thiophene rings is 1. The summed E-state index contributed by atoms with van der Waals surface area (Å²) in [5.74, 6) is 0.927. The number of hydrogen-bond acceptors (Lipinski definition) is 4. The van der Waals surface area contributed by atoms with Gasteiger partial charge in [0, 0.05) is 41.5 Å². The van der Waals surface area contributed by atoms with E-state index in [9.17, 15) is 0 Å². The second kappa shape index (κ2) is 7.97. The summed E-state index contributed by atoms with van der Waals surface area (Å²) in [4.78, 5) is 2.54. The summed E-state index contributed by atoms with van der Waals surface area (Å²) in [6.07, 6.45) is 0. The predicted molar refractivity (Wildman–Crippen MR) is 111 cm³/mol. The van der Waals surface area contributed by atoms with Crippen LogP contribution < -0.4 is 10.1 Å². The highest BCUT2D eigenvalue weighted by molar-refractivity contribution is 7.17. The van der Waals surface area contributed by atoms with Crippen LogP contribution in [-0.4, -0.2) is 37.7 Å². The third-order valence-electron chi connectivity index (χ3n) is 4.89. The van der Waals surface area contributed by atoms with Crippen LogP contribution in [0.25, 0.3) is 10.1 Å². The van der Waals surface area contributed by atoms with E-state index in [1.807, 2.05) is 30.4 Å². The van der Waals surface area contributed by atoms with Crippen LogP contribution in [0.2, 0.25) is 5.02 Å². The number of fused-ring (bicyclic) bond motifs is 1. The number of piperazine rings is 1. The molecular weight excluding hydrogens is 364 g/mol. The van der Waals surface area contributed by atoms with Gasteiger partial charge in [-0.2, -0.15) is 0 Å². The SMILES string of the molecule is CCOc1ccc(Cl)cc1C(c1csc2ccccc12)N1CCNCC1. The Balaban J connectivity index is 1.88. The molecule has 3 nitrogen and oxygen atoms in total. The Kier molecular flexibility index (Phi) is 5.46. The minimum absolute atomic E-state index is 0.147. The molecule has 3 aromatic rings. The first-order chi connectivity index (χ1) is 12.8. The average molecular weight is 387 g/mol. The molecule has 5 heteroatoms. The maximum atomic E-state index is 6.40. The van der Waals surface area contributed by atoms with Crippen molar-refractivity contribution in [1.29, 1.82) is 0 Å². The molecule has 1 atom stereocenters. The summed E-state index contributed by atoms with van der Waals surface area (Å²) in [6.45, 7) is 6.69. The molecule has 1 fully saturated rings. The zero-order valence-electron chi connectivity index (χ0n) is 14.9. The number of halogens is 1. The van der Waals surface area contributed by atoms with Crippen molar-refractivity contribution in [3.63, 3.8) is 0 Å². The molecule has 1 aliphatic rings. The highest BCUT2D eigenvalue weighted by Crippen LogP contribution is 2.41. The monoisotopic (exact) mass is 386 g/mol. The van der Waals surface area contributed by atoms with E-state index in [4.69, 9.17) is 16.3 Å². The van der Waals surface area contributed by atoms with E-state index in [0.29, 0.717) is 6.61 Å². The van der Waals surface area contributed by atoms with Gasteiger partial charge in [-0.15, -0.1) is 11.3 Å². The first kappa shape index (κ1) is 17.8. The van der Waals surface area contributed by atoms with Crippen LogP contribution in [0.5, 0.6) is 5.75 Å². The van der Waals surface area contributed by atoms with Gasteiger partial charge in [0.05, 0.1) is 12.6 Å². The Morgan fingerprint density at radius 3 is 2.77 bits per heavy atom. The van der Waals surface area contributed by atoms with Crippen LogP contribution in [-0.2, 0) is 0 Å². The largest absolute Gasteiger partial charge is 0.494 e. The van der Waals surface area contributed by atoms with Gasteiger partial charge in [-0.3, -0.25) is 4.90 Å². The molecule has 0 saturated carbocycles. The van der Waals surface area contributed by atoms with Gasteiger partial charge in [-0.05, 0) is 47.5 Å². The molecule has 0 spiro atoms. The van der Waals surface area contributed by atoms with Crippen LogP contribution in [0.4, 0.5) is 0 Å². The Labute approximate surface area is 163 Å². The van der Waals surface area contributed by atoms with E-state index >= 15 is 0 Å². The zero-order chi connectivity index (χ0) is 17.9. The van der Waals surface area contributed by atoms with E-state index in [0.717, 1.165) is 42.5 Å². The van der Waals surface area contributed by atoms with Crippen LogP contribution in [0, 0.1) is 0 Å². The van der Waals surface area contributed by atoms with Gasteiger partial charge < -0.3 is 10.1 Å². The molecular formula is C21H23ClN2OS. The molecule has 136 valence electrons. The van der Waals surface area contributed by atoms with Crippen LogP contribution >= 0.6 is 22.9 Å². The van der Waals surface area contributed by atoms with Crippen molar-refractivity contribution in [2.24, 2.45) is 0 Å². The Morgan fingerprint density at radius 2 is 1.96 bits per heavy atom. The summed E-state index contributed by atoms with van der Waals surface area (Å²) >= 11 is 8.20. The van der Waals surface area contributed by atoms with Crippen molar-refractivity contribution in [3.05, 3.63) is 64.0 Å². The van der Waals surface area contributed by atoms with Crippen molar-refractivity contribution >= 4 is 33.0 Å². The van der Waals surface area contributed by atoms with Gasteiger partial charge in [0.15, 0.2) is 0 Å². The van der Waals surface area contributed by atoms with E-state index in [1.165, 1.54) is 15.6 Å². The molecule has 1 aliphatic heterocycles. The average Bonchev–Trinajstić information content (AvgIpc) is 3.09. The van der Waals surface area contributed by atoms with Crippen LogP contribution in [0.15, 0.2) is 47.8 Å². The molecule has 2 aromatic carbocycles. The number of ether oxygens (including phenoxy) is 1. The van der Waals surface area contributed by atoms with Gasteiger partial charge >= 0.3 is 0 Å². The fourth-order valence-corrected chi connectivity index (χ4v) is 4.89. The molecule has 1 aromatic heterocycles. The Bertz CT molecular complexity index is 889. The first-order valence-corrected chi connectivity index (χ1v) is 10.4. The third kappa shape index (κ3) is 3.47. The lowest BCUT2D eigenvalue weighted by Crippen LogP contribution is -2.45. The number of nitrogens with zero attached hydrogens (tertiary/aromatic N) is 1. The molecule has 1 N–H and O–H groups in total. The number of hydrogen-bond donors (Lipinski definition) is 1. The summed E-state index contributed by atoms with van der Waals surface area (Å²) in [7, 11) is 0. The Hall–Kier alpha value is -1.59.